The number of benzene rings is 1. The van der Waals surface area contributed by atoms with E-state index in [1.165, 1.54) is 12.1 Å². The van der Waals surface area contributed by atoms with Crippen LogP contribution in [0, 0.1) is 0 Å². The highest BCUT2D eigenvalue weighted by Gasteiger charge is 2.07. The van der Waals surface area contributed by atoms with Crippen LogP contribution in [-0.2, 0) is 4.79 Å². The lowest BCUT2D eigenvalue weighted by Crippen LogP contribution is -2.28. The van der Waals surface area contributed by atoms with Gasteiger partial charge in [0, 0.05) is 11.4 Å². The first-order valence-corrected chi connectivity index (χ1v) is 5.37. The molecule has 0 radical (unpaired) electrons. The van der Waals surface area contributed by atoms with Gasteiger partial charge in [-0.3, -0.25) is 15.6 Å². The number of hydrazine groups is 1. The van der Waals surface area contributed by atoms with Crippen LogP contribution in [0.1, 0.15) is 13.3 Å². The minimum atomic E-state index is -0.155. The van der Waals surface area contributed by atoms with Gasteiger partial charge in [0.2, 0.25) is 5.91 Å². The van der Waals surface area contributed by atoms with Gasteiger partial charge in [-0.05, 0) is 12.1 Å². The van der Waals surface area contributed by atoms with Gasteiger partial charge in [-0.1, -0.05) is 41.7 Å². The lowest BCUT2D eigenvalue weighted by Gasteiger charge is -2.11. The Morgan fingerprint density at radius 2 is 1.80 bits per heavy atom. The number of anilines is 1. The lowest BCUT2D eigenvalue weighted by atomic mass is 10.3. The highest BCUT2D eigenvalue weighted by Crippen LogP contribution is 2.32. The molecule has 1 rings (SSSR count). The van der Waals surface area contributed by atoms with Crippen molar-refractivity contribution in [3.8, 4) is 0 Å². The first-order chi connectivity index (χ1) is 7.04. The van der Waals surface area contributed by atoms with Crippen molar-refractivity contribution >= 4 is 46.4 Å². The number of carbonyl (C=O) groups is 1. The molecule has 0 heterocycles. The van der Waals surface area contributed by atoms with E-state index in [1.54, 1.807) is 6.92 Å². The molecule has 2 N–H and O–H groups in total. The van der Waals surface area contributed by atoms with Crippen molar-refractivity contribution in [1.82, 2.24) is 5.43 Å². The van der Waals surface area contributed by atoms with Crippen molar-refractivity contribution in [2.24, 2.45) is 0 Å². The molecule has 0 atom stereocenters. The zero-order valence-electron chi connectivity index (χ0n) is 7.90. The van der Waals surface area contributed by atoms with Gasteiger partial charge < -0.3 is 0 Å². The van der Waals surface area contributed by atoms with Crippen LogP contribution in [0.25, 0.3) is 0 Å². The molecule has 0 aliphatic carbocycles. The Morgan fingerprint density at radius 3 is 2.27 bits per heavy atom. The summed E-state index contributed by atoms with van der Waals surface area (Å²) >= 11 is 17.5. The Kier molecular flexibility index (Phi) is 4.51. The van der Waals surface area contributed by atoms with Gasteiger partial charge in [-0.25, -0.2) is 0 Å². The van der Waals surface area contributed by atoms with Crippen molar-refractivity contribution in [3.05, 3.63) is 27.2 Å². The Labute approximate surface area is 103 Å². The van der Waals surface area contributed by atoms with Crippen LogP contribution in [0.5, 0.6) is 0 Å². The highest BCUT2D eigenvalue weighted by atomic mass is 35.5. The SMILES string of the molecule is CCC(=O)NNc1c(Cl)cc(Cl)cc1Cl. The molecule has 0 bridgehead atoms. The van der Waals surface area contributed by atoms with Gasteiger partial charge >= 0.3 is 0 Å². The molecule has 82 valence electrons. The lowest BCUT2D eigenvalue weighted by molar-refractivity contribution is -0.120. The maximum Gasteiger partial charge on any atom is 0.238 e. The maximum atomic E-state index is 11.0. The van der Waals surface area contributed by atoms with Crippen LogP contribution in [0.2, 0.25) is 15.1 Å². The summed E-state index contributed by atoms with van der Waals surface area (Å²) in [5, 5.41) is 1.14. The third-order valence-electron chi connectivity index (χ3n) is 1.65. The fraction of sp³-hybridized carbons (Fsp3) is 0.222. The molecule has 0 spiro atoms. The molecular formula is C9H9Cl3N2O. The molecule has 0 saturated carbocycles. The predicted molar refractivity (Wildman–Crippen MR) is 63.5 cm³/mol. The molecular weight excluding hydrogens is 258 g/mol. The number of hydrogen-bond donors (Lipinski definition) is 2. The molecule has 0 fully saturated rings. The topological polar surface area (TPSA) is 41.1 Å². The first-order valence-electron chi connectivity index (χ1n) is 4.24. The van der Waals surface area contributed by atoms with E-state index in [4.69, 9.17) is 34.8 Å². The van der Waals surface area contributed by atoms with Crippen molar-refractivity contribution < 1.29 is 4.79 Å². The summed E-state index contributed by atoms with van der Waals surface area (Å²) in [6, 6.07) is 3.07. The fourth-order valence-corrected chi connectivity index (χ4v) is 1.79. The molecule has 0 saturated heterocycles. The second-order valence-corrected chi connectivity index (χ2v) is 4.02. The molecule has 0 aromatic heterocycles. The number of hydrogen-bond acceptors (Lipinski definition) is 2. The first kappa shape index (κ1) is 12.4. The Morgan fingerprint density at radius 1 is 1.27 bits per heavy atom. The van der Waals surface area contributed by atoms with E-state index in [0.717, 1.165) is 0 Å². The maximum absolute atomic E-state index is 11.0. The van der Waals surface area contributed by atoms with Crippen LogP contribution in [-0.4, -0.2) is 5.91 Å². The predicted octanol–water partition coefficient (Wildman–Crippen LogP) is 3.50. The number of amides is 1. The Bertz CT molecular complexity index is 359. The fourth-order valence-electron chi connectivity index (χ4n) is 0.882. The molecule has 6 heteroatoms. The molecule has 0 unspecified atom stereocenters. The summed E-state index contributed by atoms with van der Waals surface area (Å²) < 4.78 is 0. The molecule has 1 aromatic rings. The molecule has 1 amide bonds. The van der Waals surface area contributed by atoms with E-state index < -0.39 is 0 Å². The minimum absolute atomic E-state index is 0.155. The van der Waals surface area contributed by atoms with E-state index in [2.05, 4.69) is 10.9 Å². The smallest absolute Gasteiger partial charge is 0.238 e. The summed E-state index contributed by atoms with van der Waals surface area (Å²) in [6.07, 6.45) is 0.371. The standard InChI is InChI=1S/C9H9Cl3N2O/c1-2-8(15)13-14-9-6(11)3-5(10)4-7(9)12/h3-4,14H,2H2,1H3,(H,13,15). The normalized spacial score (nSPS) is 9.87. The minimum Gasteiger partial charge on any atom is -0.296 e. The molecule has 1 aromatic carbocycles. The van der Waals surface area contributed by atoms with Gasteiger partial charge in [-0.2, -0.15) is 0 Å². The highest BCUT2D eigenvalue weighted by molar-refractivity contribution is 6.41. The van der Waals surface area contributed by atoms with Gasteiger partial charge in [0.05, 0.1) is 15.7 Å². The average Bonchev–Trinajstić information content (AvgIpc) is 2.15. The summed E-state index contributed by atoms with van der Waals surface area (Å²) in [5.41, 5.74) is 5.52. The van der Waals surface area contributed by atoms with Crippen LogP contribution >= 0.6 is 34.8 Å². The van der Waals surface area contributed by atoms with Gasteiger partial charge in [0.25, 0.3) is 0 Å². The number of carbonyl (C=O) groups excluding carboxylic acids is 1. The second kappa shape index (κ2) is 5.45. The average molecular weight is 268 g/mol. The van der Waals surface area contributed by atoms with Crippen molar-refractivity contribution in [3.63, 3.8) is 0 Å². The van der Waals surface area contributed by atoms with Crippen LogP contribution in [0.15, 0.2) is 12.1 Å². The van der Waals surface area contributed by atoms with Crippen LogP contribution in [0.4, 0.5) is 5.69 Å². The number of halogens is 3. The van der Waals surface area contributed by atoms with Gasteiger partial charge in [0.15, 0.2) is 0 Å². The zero-order valence-corrected chi connectivity index (χ0v) is 10.2. The Hall–Kier alpha value is -0.640. The van der Waals surface area contributed by atoms with Crippen LogP contribution in [0.3, 0.4) is 0 Å². The van der Waals surface area contributed by atoms with Gasteiger partial charge in [-0.15, -0.1) is 0 Å². The number of rotatable bonds is 3. The summed E-state index contributed by atoms with van der Waals surface area (Å²) in [7, 11) is 0. The van der Waals surface area contributed by atoms with Crippen LogP contribution < -0.4 is 10.9 Å². The quantitative estimate of drug-likeness (QED) is 0.823. The van der Waals surface area contributed by atoms with Gasteiger partial charge in [0.1, 0.15) is 0 Å². The van der Waals surface area contributed by atoms with E-state index in [1.807, 2.05) is 0 Å². The second-order valence-electron chi connectivity index (χ2n) is 2.77. The third-order valence-corrected chi connectivity index (χ3v) is 2.47. The summed E-state index contributed by atoms with van der Waals surface area (Å²) in [4.78, 5) is 11.0. The van der Waals surface area contributed by atoms with Crippen molar-refractivity contribution in [2.75, 3.05) is 5.43 Å². The van der Waals surface area contributed by atoms with E-state index in [0.29, 0.717) is 27.2 Å². The van der Waals surface area contributed by atoms with E-state index >= 15 is 0 Å². The zero-order chi connectivity index (χ0) is 11.4. The van der Waals surface area contributed by atoms with E-state index in [-0.39, 0.29) is 5.91 Å². The molecule has 3 nitrogen and oxygen atoms in total. The van der Waals surface area contributed by atoms with Crippen molar-refractivity contribution in [2.45, 2.75) is 13.3 Å². The largest absolute Gasteiger partial charge is 0.296 e. The summed E-state index contributed by atoms with van der Waals surface area (Å²) in [5.74, 6) is -0.155. The molecule has 0 aliphatic rings. The Balaban J connectivity index is 2.81. The molecule has 0 aliphatic heterocycles. The van der Waals surface area contributed by atoms with Crippen molar-refractivity contribution in [1.29, 1.82) is 0 Å². The van der Waals surface area contributed by atoms with E-state index in [9.17, 15) is 4.79 Å². The molecule has 15 heavy (non-hydrogen) atoms. The third kappa shape index (κ3) is 3.45. The monoisotopic (exact) mass is 266 g/mol. The number of nitrogens with one attached hydrogen (secondary N) is 2. The summed E-state index contributed by atoms with van der Waals surface area (Å²) in [6.45, 7) is 1.74.